The molecule has 0 unspecified atom stereocenters. The fraction of sp³-hybridized carbons (Fsp3) is 0.333. The summed E-state index contributed by atoms with van der Waals surface area (Å²) in [6.07, 6.45) is 0.389. The second-order valence-electron chi connectivity index (χ2n) is 0.272. The predicted octanol–water partition coefficient (Wildman–Crippen LogP) is 0.0178. The maximum Gasteiger partial charge on any atom is 0.182 e. The van der Waals surface area contributed by atoms with Crippen LogP contribution in [0.1, 0.15) is 7.43 Å². The Balaban J connectivity index is -0.0000000450. The van der Waals surface area contributed by atoms with Gasteiger partial charge in [-0.15, -0.1) is 0 Å². The molecule has 0 bridgehead atoms. The Bertz CT molecular complexity index is 29.8. The number of aldehydes is 2. The summed E-state index contributed by atoms with van der Waals surface area (Å²) >= 11 is 0. The van der Waals surface area contributed by atoms with Crippen LogP contribution in [-0.2, 0) is 35.8 Å². The number of carbonyl (C=O) groups is 2. The van der Waals surface area contributed by atoms with Gasteiger partial charge in [0.2, 0.25) is 0 Å². The van der Waals surface area contributed by atoms with Gasteiger partial charge < -0.3 is 0 Å². The Morgan fingerprint density at radius 1 is 1.00 bits per heavy atom. The molecule has 2 nitrogen and oxygen atoms in total. The van der Waals surface area contributed by atoms with Gasteiger partial charge in [-0.3, -0.25) is 9.59 Å². The minimum atomic E-state index is 0. The second-order valence-corrected chi connectivity index (χ2v) is 0.272. The van der Waals surface area contributed by atoms with Crippen molar-refractivity contribution >= 4 is 12.6 Å². The van der Waals surface area contributed by atoms with E-state index in [1.165, 1.54) is 0 Å². The van der Waals surface area contributed by atoms with Crippen LogP contribution < -0.4 is 0 Å². The van der Waals surface area contributed by atoms with Crippen LogP contribution in [0.2, 0.25) is 0 Å². The van der Waals surface area contributed by atoms with E-state index in [4.69, 9.17) is 9.59 Å². The standard InChI is InChI=1S/C2H2O2.CH4.Zr/c3-1-2-4;;/h1-2H;1H4;. The molecule has 0 N–H and O–H groups in total. The van der Waals surface area contributed by atoms with E-state index in [1.807, 2.05) is 0 Å². The molecule has 3 heteroatoms. The molecule has 0 aliphatic rings. The molecule has 0 atom stereocenters. The van der Waals surface area contributed by atoms with Crippen LogP contribution in [0.3, 0.4) is 0 Å². The molecule has 0 saturated heterocycles. The van der Waals surface area contributed by atoms with Crippen LogP contribution in [0.15, 0.2) is 0 Å². The van der Waals surface area contributed by atoms with Crippen LogP contribution in [-0.4, -0.2) is 12.6 Å². The minimum absolute atomic E-state index is 0. The third-order valence-electron chi connectivity index (χ3n) is 0.0556. The Hall–Kier alpha value is 0.223. The van der Waals surface area contributed by atoms with Gasteiger partial charge in [-0.1, -0.05) is 7.43 Å². The quantitative estimate of drug-likeness (QED) is 0.405. The van der Waals surface area contributed by atoms with Gasteiger partial charge in [-0.2, -0.15) is 0 Å². The SMILES string of the molecule is C.O=CC=O.[Zr]. The van der Waals surface area contributed by atoms with Crippen molar-refractivity contribution in [3.05, 3.63) is 0 Å². The van der Waals surface area contributed by atoms with E-state index in [0.717, 1.165) is 0 Å². The molecule has 0 aliphatic carbocycles. The molecule has 0 spiro atoms. The van der Waals surface area contributed by atoms with Gasteiger partial charge >= 0.3 is 0 Å². The first-order chi connectivity index (χ1) is 1.91. The Morgan fingerprint density at radius 3 is 1.17 bits per heavy atom. The molecule has 6 heavy (non-hydrogen) atoms. The first-order valence-electron chi connectivity index (χ1n) is 0.805. The molecule has 0 saturated carbocycles. The van der Waals surface area contributed by atoms with E-state index in [-0.39, 0.29) is 46.2 Å². The van der Waals surface area contributed by atoms with Crippen LogP contribution in [0.4, 0.5) is 0 Å². The molecule has 0 rings (SSSR count). The van der Waals surface area contributed by atoms with E-state index in [9.17, 15) is 0 Å². The average molecular weight is 165 g/mol. The second kappa shape index (κ2) is 18.8. The van der Waals surface area contributed by atoms with Gasteiger partial charge in [0.1, 0.15) is 0 Å². The molecular weight excluding hydrogens is 159 g/mol. The zero-order chi connectivity index (χ0) is 3.41. The minimum Gasteiger partial charge on any atom is -0.295 e. The normalized spacial score (nSPS) is 3.33. The molecule has 0 aromatic carbocycles. The number of hydrogen-bond donors (Lipinski definition) is 0. The maximum atomic E-state index is 8.81. The van der Waals surface area contributed by atoms with E-state index in [0.29, 0.717) is 0 Å². The molecule has 0 fully saturated rings. The topological polar surface area (TPSA) is 34.1 Å². The molecule has 34 valence electrons. The van der Waals surface area contributed by atoms with Gasteiger partial charge in [0, 0.05) is 26.2 Å². The van der Waals surface area contributed by atoms with Gasteiger partial charge in [-0.25, -0.2) is 0 Å². The summed E-state index contributed by atoms with van der Waals surface area (Å²) in [6, 6.07) is 0. The monoisotopic (exact) mass is 164 g/mol. The predicted molar refractivity (Wildman–Crippen MR) is 18.9 cm³/mol. The molecule has 0 heterocycles. The van der Waals surface area contributed by atoms with Crippen molar-refractivity contribution in [3.8, 4) is 0 Å². The fourth-order valence-corrected chi connectivity index (χ4v) is 0. The van der Waals surface area contributed by atoms with Crippen LogP contribution in [0.25, 0.3) is 0 Å². The van der Waals surface area contributed by atoms with Crippen LogP contribution >= 0.6 is 0 Å². The smallest absolute Gasteiger partial charge is 0.182 e. The Kier molecular flexibility index (Phi) is 51.3. The van der Waals surface area contributed by atoms with Crippen molar-refractivity contribution in [1.82, 2.24) is 0 Å². The number of rotatable bonds is 1. The van der Waals surface area contributed by atoms with E-state index >= 15 is 0 Å². The summed E-state index contributed by atoms with van der Waals surface area (Å²) in [5.74, 6) is 0. The molecule has 0 aromatic heterocycles. The van der Waals surface area contributed by atoms with Crippen molar-refractivity contribution < 1.29 is 35.8 Å². The summed E-state index contributed by atoms with van der Waals surface area (Å²) in [7, 11) is 0. The molecule has 0 aliphatic heterocycles. The zero-order valence-electron chi connectivity index (χ0n) is 2.47. The fourth-order valence-electron chi connectivity index (χ4n) is 0. The molecule has 0 amide bonds. The van der Waals surface area contributed by atoms with Crippen molar-refractivity contribution in [2.45, 2.75) is 7.43 Å². The third-order valence-corrected chi connectivity index (χ3v) is 0.0556. The first kappa shape index (κ1) is 16.3. The third kappa shape index (κ3) is 29.3. The van der Waals surface area contributed by atoms with Gasteiger partial charge in [0.15, 0.2) is 12.6 Å². The van der Waals surface area contributed by atoms with Crippen LogP contribution in [0.5, 0.6) is 0 Å². The van der Waals surface area contributed by atoms with E-state index in [2.05, 4.69) is 0 Å². The molecule has 0 aromatic rings. The molecular formula is C3H6O2Zr. The zero-order valence-corrected chi connectivity index (χ0v) is 4.93. The number of carbonyl (C=O) groups excluding carboxylic acids is 2. The van der Waals surface area contributed by atoms with Crippen molar-refractivity contribution in [2.75, 3.05) is 0 Å². The Morgan fingerprint density at radius 2 is 1.17 bits per heavy atom. The Labute approximate surface area is 56.0 Å². The van der Waals surface area contributed by atoms with Crippen molar-refractivity contribution in [3.63, 3.8) is 0 Å². The summed E-state index contributed by atoms with van der Waals surface area (Å²) in [6.45, 7) is 0. The summed E-state index contributed by atoms with van der Waals surface area (Å²) in [4.78, 5) is 17.6. The maximum absolute atomic E-state index is 8.81. The average Bonchev–Trinajstić information content (AvgIpc) is 1.37. The first-order valence-corrected chi connectivity index (χ1v) is 0.805. The van der Waals surface area contributed by atoms with Gasteiger partial charge in [-0.05, 0) is 0 Å². The van der Waals surface area contributed by atoms with Gasteiger partial charge in [0.05, 0.1) is 0 Å². The van der Waals surface area contributed by atoms with Crippen LogP contribution in [0, 0.1) is 0 Å². The summed E-state index contributed by atoms with van der Waals surface area (Å²) < 4.78 is 0. The summed E-state index contributed by atoms with van der Waals surface area (Å²) in [5, 5.41) is 0. The van der Waals surface area contributed by atoms with Crippen molar-refractivity contribution in [2.24, 2.45) is 0 Å². The largest absolute Gasteiger partial charge is 0.295 e. The molecule has 0 radical (unpaired) electrons. The van der Waals surface area contributed by atoms with Gasteiger partial charge in [0.25, 0.3) is 0 Å². The van der Waals surface area contributed by atoms with Crippen molar-refractivity contribution in [1.29, 1.82) is 0 Å². The van der Waals surface area contributed by atoms with E-state index in [1.54, 1.807) is 0 Å². The number of hydrogen-bond acceptors (Lipinski definition) is 2. The summed E-state index contributed by atoms with van der Waals surface area (Å²) in [5.41, 5.74) is 0. The van der Waals surface area contributed by atoms with E-state index < -0.39 is 0 Å².